The molecule has 2 unspecified atom stereocenters. The molecule has 0 bridgehead atoms. The van der Waals surface area contributed by atoms with Crippen molar-refractivity contribution in [1.29, 1.82) is 0 Å². The second-order valence-corrected chi connectivity index (χ2v) is 6.64. The number of nitrogens with zero attached hydrogens (tertiary/aromatic N) is 1. The Kier molecular flexibility index (Phi) is 4.69. The average Bonchev–Trinajstić information content (AvgIpc) is 2.36. The normalized spacial score (nSPS) is 23.2. The fraction of sp³-hybridized carbons (Fsp3) is 0.571. The number of anilines is 1. The average molecular weight is 280 g/mol. The largest absolute Gasteiger partial charge is 0.393 e. The van der Waals surface area contributed by atoms with Crippen molar-refractivity contribution in [2.24, 2.45) is 5.92 Å². The lowest BCUT2D eigenvalue weighted by Crippen LogP contribution is -2.15. The van der Waals surface area contributed by atoms with E-state index in [9.17, 15) is 10.1 Å². The minimum absolute atomic E-state index is 0.0000357. The van der Waals surface area contributed by atoms with Crippen molar-refractivity contribution in [3.05, 3.63) is 33.9 Å². The van der Waals surface area contributed by atoms with Crippen LogP contribution in [0.25, 0.3) is 0 Å². The summed E-state index contributed by atoms with van der Waals surface area (Å²) in [6.45, 7) is 2.32. The van der Waals surface area contributed by atoms with Gasteiger partial charge >= 0.3 is 0 Å². The predicted molar refractivity (Wildman–Crippen MR) is 80.2 cm³/mol. The molecule has 1 saturated carbocycles. The summed E-state index contributed by atoms with van der Waals surface area (Å²) in [5.41, 5.74) is 7.04. The molecular formula is C14H20N2O2S. The first-order valence-electron chi connectivity index (χ1n) is 6.70. The molecule has 19 heavy (non-hydrogen) atoms. The summed E-state index contributed by atoms with van der Waals surface area (Å²) in [5.74, 6) is 1.72. The molecule has 1 aromatic rings. The van der Waals surface area contributed by atoms with Crippen LogP contribution in [0.5, 0.6) is 0 Å². The molecule has 5 heteroatoms. The van der Waals surface area contributed by atoms with E-state index < -0.39 is 4.92 Å². The molecule has 0 aromatic heterocycles. The van der Waals surface area contributed by atoms with E-state index in [1.54, 1.807) is 6.07 Å². The van der Waals surface area contributed by atoms with Gasteiger partial charge in [0.1, 0.15) is 5.69 Å². The molecule has 0 spiro atoms. The lowest BCUT2D eigenvalue weighted by molar-refractivity contribution is -0.383. The number of benzene rings is 1. The van der Waals surface area contributed by atoms with Crippen molar-refractivity contribution in [3.63, 3.8) is 0 Å². The molecule has 0 amide bonds. The maximum Gasteiger partial charge on any atom is 0.292 e. The number of hydrogen-bond acceptors (Lipinski definition) is 4. The third-order valence-corrected chi connectivity index (χ3v) is 5.06. The van der Waals surface area contributed by atoms with Gasteiger partial charge in [-0.05, 0) is 30.4 Å². The van der Waals surface area contributed by atoms with Crippen LogP contribution in [0.1, 0.15) is 38.2 Å². The number of nitrogens with two attached hydrogens (primary N) is 1. The molecule has 0 aliphatic heterocycles. The minimum atomic E-state index is -0.435. The highest BCUT2D eigenvalue weighted by Crippen LogP contribution is 2.34. The zero-order chi connectivity index (χ0) is 13.8. The lowest BCUT2D eigenvalue weighted by atomic mass is 9.91. The first-order valence-corrected chi connectivity index (χ1v) is 7.75. The van der Waals surface area contributed by atoms with E-state index in [0.29, 0.717) is 0 Å². The summed E-state index contributed by atoms with van der Waals surface area (Å²) >= 11 is 1.95. The van der Waals surface area contributed by atoms with Crippen molar-refractivity contribution in [2.45, 2.75) is 43.6 Å². The molecule has 0 saturated heterocycles. The fourth-order valence-electron chi connectivity index (χ4n) is 2.60. The van der Waals surface area contributed by atoms with Gasteiger partial charge in [0, 0.05) is 17.1 Å². The molecule has 2 atom stereocenters. The first kappa shape index (κ1) is 14.2. The second kappa shape index (κ2) is 6.28. The van der Waals surface area contributed by atoms with Crippen LogP contribution in [0.2, 0.25) is 0 Å². The van der Waals surface area contributed by atoms with Gasteiger partial charge in [-0.15, -0.1) is 0 Å². The molecule has 104 valence electrons. The van der Waals surface area contributed by atoms with Crippen LogP contribution >= 0.6 is 11.8 Å². The topological polar surface area (TPSA) is 69.2 Å². The Morgan fingerprint density at radius 1 is 1.47 bits per heavy atom. The second-order valence-electron chi connectivity index (χ2n) is 5.36. The Hall–Kier alpha value is -1.23. The van der Waals surface area contributed by atoms with Gasteiger partial charge in [0.2, 0.25) is 0 Å². The molecule has 0 radical (unpaired) electrons. The van der Waals surface area contributed by atoms with Crippen LogP contribution in [0.3, 0.4) is 0 Å². The van der Waals surface area contributed by atoms with E-state index in [1.165, 1.54) is 31.7 Å². The summed E-state index contributed by atoms with van der Waals surface area (Å²) in [6.07, 6.45) is 5.24. The first-order chi connectivity index (χ1) is 9.06. The van der Waals surface area contributed by atoms with Crippen molar-refractivity contribution < 1.29 is 4.92 Å². The van der Waals surface area contributed by atoms with Gasteiger partial charge in [-0.1, -0.05) is 25.8 Å². The SMILES string of the molecule is CC1CCCC(SCc2ccc([N+](=O)[O-])c(N)c2)C1. The standard InChI is InChI=1S/C14H20N2O2S/c1-10-3-2-4-12(7-10)19-9-11-5-6-14(16(17)18)13(15)8-11/h5-6,8,10,12H,2-4,7,9,15H2,1H3. The van der Waals surface area contributed by atoms with E-state index >= 15 is 0 Å². The smallest absolute Gasteiger partial charge is 0.292 e. The molecule has 4 nitrogen and oxygen atoms in total. The van der Waals surface area contributed by atoms with Gasteiger partial charge in [0.15, 0.2) is 0 Å². The highest BCUT2D eigenvalue weighted by atomic mass is 32.2. The van der Waals surface area contributed by atoms with Crippen molar-refractivity contribution in [3.8, 4) is 0 Å². The van der Waals surface area contributed by atoms with E-state index in [-0.39, 0.29) is 11.4 Å². The number of nitrogen functional groups attached to an aromatic ring is 1. The van der Waals surface area contributed by atoms with Gasteiger partial charge in [0.25, 0.3) is 5.69 Å². The monoisotopic (exact) mass is 280 g/mol. The highest BCUT2D eigenvalue weighted by Gasteiger charge is 2.19. The summed E-state index contributed by atoms with van der Waals surface area (Å²) in [6, 6.07) is 5.06. The number of nitro benzene ring substituents is 1. The van der Waals surface area contributed by atoms with Crippen LogP contribution in [0, 0.1) is 16.0 Å². The van der Waals surface area contributed by atoms with Gasteiger partial charge < -0.3 is 5.73 Å². The predicted octanol–water partition coefficient (Wildman–Crippen LogP) is 3.99. The van der Waals surface area contributed by atoms with E-state index in [4.69, 9.17) is 5.73 Å². The van der Waals surface area contributed by atoms with Gasteiger partial charge in [0.05, 0.1) is 4.92 Å². The lowest BCUT2D eigenvalue weighted by Gasteiger charge is -2.26. The Balaban J connectivity index is 1.92. The van der Waals surface area contributed by atoms with Crippen molar-refractivity contribution in [2.75, 3.05) is 5.73 Å². The number of nitro groups is 1. The van der Waals surface area contributed by atoms with Crippen LogP contribution in [-0.4, -0.2) is 10.2 Å². The van der Waals surface area contributed by atoms with Gasteiger partial charge in [-0.25, -0.2) is 0 Å². The minimum Gasteiger partial charge on any atom is -0.393 e. The highest BCUT2D eigenvalue weighted by molar-refractivity contribution is 7.99. The molecular weight excluding hydrogens is 260 g/mol. The quantitative estimate of drug-likeness (QED) is 0.514. The third kappa shape index (κ3) is 3.86. The molecule has 1 aromatic carbocycles. The fourth-order valence-corrected chi connectivity index (χ4v) is 4.01. The van der Waals surface area contributed by atoms with Crippen LogP contribution in [-0.2, 0) is 5.75 Å². The Labute approximate surface area is 117 Å². The maximum atomic E-state index is 10.7. The van der Waals surface area contributed by atoms with E-state index in [1.807, 2.05) is 17.8 Å². The molecule has 1 fully saturated rings. The number of hydrogen-bond donors (Lipinski definition) is 1. The summed E-state index contributed by atoms with van der Waals surface area (Å²) in [5, 5.41) is 11.4. The Morgan fingerprint density at radius 3 is 2.89 bits per heavy atom. The van der Waals surface area contributed by atoms with E-state index in [0.717, 1.165) is 22.5 Å². The number of thioether (sulfide) groups is 1. The van der Waals surface area contributed by atoms with Crippen molar-refractivity contribution >= 4 is 23.1 Å². The Bertz CT molecular complexity index is 465. The maximum absolute atomic E-state index is 10.7. The zero-order valence-corrected chi connectivity index (χ0v) is 12.0. The van der Waals surface area contributed by atoms with Crippen LogP contribution < -0.4 is 5.73 Å². The molecule has 2 N–H and O–H groups in total. The van der Waals surface area contributed by atoms with Crippen LogP contribution in [0.4, 0.5) is 11.4 Å². The third-order valence-electron chi connectivity index (χ3n) is 3.66. The number of rotatable bonds is 4. The molecule has 1 aliphatic carbocycles. The van der Waals surface area contributed by atoms with E-state index in [2.05, 4.69) is 6.92 Å². The molecule has 2 rings (SSSR count). The van der Waals surface area contributed by atoms with Gasteiger partial charge in [-0.2, -0.15) is 11.8 Å². The summed E-state index contributed by atoms with van der Waals surface area (Å²) in [4.78, 5) is 10.3. The summed E-state index contributed by atoms with van der Waals surface area (Å²) in [7, 11) is 0. The van der Waals surface area contributed by atoms with Crippen molar-refractivity contribution in [1.82, 2.24) is 0 Å². The Morgan fingerprint density at radius 2 is 2.26 bits per heavy atom. The molecule has 1 aliphatic rings. The molecule has 0 heterocycles. The van der Waals surface area contributed by atoms with Crippen LogP contribution in [0.15, 0.2) is 18.2 Å². The summed E-state index contributed by atoms with van der Waals surface area (Å²) < 4.78 is 0. The zero-order valence-electron chi connectivity index (χ0n) is 11.2. The van der Waals surface area contributed by atoms with Gasteiger partial charge in [-0.3, -0.25) is 10.1 Å².